The van der Waals surface area contributed by atoms with Crippen LogP contribution in [0.2, 0.25) is 0 Å². The van der Waals surface area contributed by atoms with Crippen LogP contribution in [0.5, 0.6) is 11.5 Å². The first kappa shape index (κ1) is 14.6. The van der Waals surface area contributed by atoms with E-state index in [0.717, 1.165) is 24.5 Å². The van der Waals surface area contributed by atoms with Gasteiger partial charge in [-0.25, -0.2) is 0 Å². The molecule has 3 rings (SSSR count). The van der Waals surface area contributed by atoms with E-state index in [1.165, 1.54) is 19.4 Å². The van der Waals surface area contributed by atoms with Gasteiger partial charge in [-0.05, 0) is 37.1 Å². The fraction of sp³-hybridized carbons (Fsp3) is 0.625. The lowest BCUT2D eigenvalue weighted by Gasteiger charge is -2.37. The molecule has 2 heterocycles. The Morgan fingerprint density at radius 3 is 2.86 bits per heavy atom. The molecule has 3 atom stereocenters. The van der Waals surface area contributed by atoms with Gasteiger partial charge >= 0.3 is 0 Å². The molecule has 2 aliphatic rings. The Kier molecular flexibility index (Phi) is 4.33. The van der Waals surface area contributed by atoms with Crippen LogP contribution in [0.15, 0.2) is 18.2 Å². The number of hydrogen-bond donors (Lipinski definition) is 1. The van der Waals surface area contributed by atoms with Crippen LogP contribution in [0.4, 0.5) is 0 Å². The molecule has 2 saturated heterocycles. The van der Waals surface area contributed by atoms with Crippen LogP contribution in [0, 0.1) is 0 Å². The summed E-state index contributed by atoms with van der Waals surface area (Å²) in [5.74, 6) is 1.43. The fourth-order valence-electron chi connectivity index (χ4n) is 3.33. The molecule has 0 bridgehead atoms. The maximum Gasteiger partial charge on any atom is 0.161 e. The summed E-state index contributed by atoms with van der Waals surface area (Å²) >= 11 is 0. The highest BCUT2D eigenvalue weighted by Gasteiger charge is 2.35. The molecular weight excluding hydrogens is 268 g/mol. The first-order chi connectivity index (χ1) is 10.2. The van der Waals surface area contributed by atoms with E-state index in [1.54, 1.807) is 14.2 Å². The van der Waals surface area contributed by atoms with Gasteiger partial charge in [-0.1, -0.05) is 6.07 Å². The lowest BCUT2D eigenvalue weighted by molar-refractivity contribution is -0.0597. The Balaban J connectivity index is 1.74. The highest BCUT2D eigenvalue weighted by molar-refractivity contribution is 5.44. The average molecular weight is 292 g/mol. The van der Waals surface area contributed by atoms with E-state index < -0.39 is 0 Å². The topological polar surface area (TPSA) is 57.0 Å². The molecule has 5 nitrogen and oxygen atoms in total. The average Bonchev–Trinajstić information content (AvgIpc) is 3.00. The smallest absolute Gasteiger partial charge is 0.161 e. The van der Waals surface area contributed by atoms with Crippen LogP contribution in [-0.2, 0) is 4.74 Å². The molecule has 21 heavy (non-hydrogen) atoms. The monoisotopic (exact) mass is 292 g/mol. The maximum absolute atomic E-state index is 6.42. The zero-order valence-electron chi connectivity index (χ0n) is 12.7. The van der Waals surface area contributed by atoms with Gasteiger partial charge in [-0.2, -0.15) is 0 Å². The summed E-state index contributed by atoms with van der Waals surface area (Å²) in [6, 6.07) is 6.29. The third-order valence-corrected chi connectivity index (χ3v) is 4.61. The molecule has 116 valence electrons. The van der Waals surface area contributed by atoms with Gasteiger partial charge in [-0.15, -0.1) is 0 Å². The van der Waals surface area contributed by atoms with Gasteiger partial charge in [0, 0.05) is 12.6 Å². The van der Waals surface area contributed by atoms with E-state index in [4.69, 9.17) is 19.9 Å². The lowest BCUT2D eigenvalue weighted by atomic mass is 9.99. The van der Waals surface area contributed by atoms with E-state index in [2.05, 4.69) is 4.90 Å². The second-order valence-electron chi connectivity index (χ2n) is 5.80. The van der Waals surface area contributed by atoms with Crippen LogP contribution >= 0.6 is 0 Å². The van der Waals surface area contributed by atoms with Crippen molar-refractivity contribution in [3.8, 4) is 11.5 Å². The molecule has 0 amide bonds. The standard InChI is InChI=1S/C16H24N2O3/c1-19-13-6-5-11(8-14(13)20-2)16(17)15-9-18-7-3-4-12(18)10-21-15/h5-6,8,12,15-16H,3-4,7,9-10,17H2,1-2H3. The number of fused-ring (bicyclic) bond motifs is 1. The quantitative estimate of drug-likeness (QED) is 0.913. The summed E-state index contributed by atoms with van der Waals surface area (Å²) in [5, 5.41) is 0. The summed E-state index contributed by atoms with van der Waals surface area (Å²) in [6.45, 7) is 2.88. The van der Waals surface area contributed by atoms with E-state index in [-0.39, 0.29) is 12.1 Å². The minimum atomic E-state index is -0.147. The molecule has 0 aromatic heterocycles. The van der Waals surface area contributed by atoms with Crippen molar-refractivity contribution in [1.82, 2.24) is 4.90 Å². The molecule has 0 spiro atoms. The highest BCUT2D eigenvalue weighted by Crippen LogP contribution is 2.32. The van der Waals surface area contributed by atoms with Crippen molar-refractivity contribution in [2.75, 3.05) is 33.9 Å². The maximum atomic E-state index is 6.42. The first-order valence-electron chi connectivity index (χ1n) is 7.56. The van der Waals surface area contributed by atoms with Crippen LogP contribution in [-0.4, -0.2) is 51.0 Å². The zero-order chi connectivity index (χ0) is 14.8. The van der Waals surface area contributed by atoms with Crippen molar-refractivity contribution >= 4 is 0 Å². The van der Waals surface area contributed by atoms with Gasteiger partial charge < -0.3 is 19.9 Å². The molecule has 0 aliphatic carbocycles. The van der Waals surface area contributed by atoms with Crippen LogP contribution < -0.4 is 15.2 Å². The summed E-state index contributed by atoms with van der Waals surface area (Å²) < 4.78 is 16.6. The number of ether oxygens (including phenoxy) is 3. The summed E-state index contributed by atoms with van der Waals surface area (Å²) in [5.41, 5.74) is 7.44. The molecule has 2 aliphatic heterocycles. The Morgan fingerprint density at radius 1 is 1.29 bits per heavy atom. The zero-order valence-corrected chi connectivity index (χ0v) is 12.7. The Labute approximate surface area is 126 Å². The molecular formula is C16H24N2O3. The molecule has 0 saturated carbocycles. The third kappa shape index (κ3) is 2.86. The molecule has 2 fully saturated rings. The molecule has 1 aromatic rings. The van der Waals surface area contributed by atoms with E-state index >= 15 is 0 Å². The Morgan fingerprint density at radius 2 is 2.10 bits per heavy atom. The number of morpholine rings is 1. The highest BCUT2D eigenvalue weighted by atomic mass is 16.5. The van der Waals surface area contributed by atoms with Gasteiger partial charge in [-0.3, -0.25) is 4.90 Å². The minimum Gasteiger partial charge on any atom is -0.493 e. The van der Waals surface area contributed by atoms with E-state index in [0.29, 0.717) is 11.8 Å². The van der Waals surface area contributed by atoms with Crippen LogP contribution in [0.1, 0.15) is 24.4 Å². The SMILES string of the molecule is COc1ccc(C(N)C2CN3CCCC3CO2)cc1OC. The summed E-state index contributed by atoms with van der Waals surface area (Å²) in [6.07, 6.45) is 2.56. The van der Waals surface area contributed by atoms with Crippen molar-refractivity contribution in [3.05, 3.63) is 23.8 Å². The minimum absolute atomic E-state index is 0.0393. The fourth-order valence-corrected chi connectivity index (χ4v) is 3.33. The summed E-state index contributed by atoms with van der Waals surface area (Å²) in [4.78, 5) is 2.51. The largest absolute Gasteiger partial charge is 0.493 e. The number of benzene rings is 1. The Bertz CT molecular complexity index is 494. The lowest BCUT2D eigenvalue weighted by Crippen LogP contribution is -2.49. The van der Waals surface area contributed by atoms with Gasteiger partial charge in [0.2, 0.25) is 0 Å². The van der Waals surface area contributed by atoms with Gasteiger partial charge in [0.25, 0.3) is 0 Å². The Hall–Kier alpha value is -1.30. The van der Waals surface area contributed by atoms with Gasteiger partial charge in [0.05, 0.1) is 33.0 Å². The first-order valence-corrected chi connectivity index (χ1v) is 7.56. The number of nitrogens with two attached hydrogens (primary N) is 1. The van der Waals surface area contributed by atoms with Crippen molar-refractivity contribution < 1.29 is 14.2 Å². The predicted molar refractivity (Wildman–Crippen MR) is 80.8 cm³/mol. The van der Waals surface area contributed by atoms with Crippen molar-refractivity contribution in [2.24, 2.45) is 5.73 Å². The van der Waals surface area contributed by atoms with E-state index in [9.17, 15) is 0 Å². The predicted octanol–water partition coefficient (Wildman–Crippen LogP) is 1.57. The summed E-state index contributed by atoms with van der Waals surface area (Å²) in [7, 11) is 3.27. The van der Waals surface area contributed by atoms with Gasteiger partial charge in [0.1, 0.15) is 0 Å². The number of hydrogen-bond acceptors (Lipinski definition) is 5. The van der Waals surface area contributed by atoms with Crippen molar-refractivity contribution in [3.63, 3.8) is 0 Å². The molecule has 0 radical (unpaired) electrons. The normalized spacial score (nSPS) is 27.2. The number of methoxy groups -OCH3 is 2. The molecule has 3 unspecified atom stereocenters. The van der Waals surface area contributed by atoms with Crippen molar-refractivity contribution in [1.29, 1.82) is 0 Å². The third-order valence-electron chi connectivity index (χ3n) is 4.61. The second kappa shape index (κ2) is 6.22. The van der Waals surface area contributed by atoms with Gasteiger partial charge in [0.15, 0.2) is 11.5 Å². The van der Waals surface area contributed by atoms with Crippen molar-refractivity contribution in [2.45, 2.75) is 31.0 Å². The van der Waals surface area contributed by atoms with Crippen LogP contribution in [0.3, 0.4) is 0 Å². The number of rotatable bonds is 4. The second-order valence-corrected chi connectivity index (χ2v) is 5.80. The molecule has 1 aromatic carbocycles. The van der Waals surface area contributed by atoms with Crippen LogP contribution in [0.25, 0.3) is 0 Å². The number of nitrogens with zero attached hydrogens (tertiary/aromatic N) is 1. The van der Waals surface area contributed by atoms with E-state index in [1.807, 2.05) is 18.2 Å². The molecule has 2 N–H and O–H groups in total. The molecule has 5 heteroatoms.